The normalized spacial score (nSPS) is 14.6. The Hall–Kier alpha value is -3.74. The van der Waals surface area contributed by atoms with Crippen LogP contribution in [-0.4, -0.2) is 45.0 Å². The smallest absolute Gasteiger partial charge is 0.276 e. The third-order valence-electron chi connectivity index (χ3n) is 5.83. The molecule has 32 heavy (non-hydrogen) atoms. The van der Waals surface area contributed by atoms with Gasteiger partial charge in [-0.25, -0.2) is 9.07 Å². The van der Waals surface area contributed by atoms with Crippen molar-refractivity contribution in [3.05, 3.63) is 90.0 Å². The van der Waals surface area contributed by atoms with Crippen molar-refractivity contribution in [1.29, 1.82) is 0 Å². The van der Waals surface area contributed by atoms with Gasteiger partial charge in [0, 0.05) is 25.9 Å². The number of benzene rings is 3. The van der Waals surface area contributed by atoms with Crippen LogP contribution in [0.15, 0.2) is 72.9 Å². The average molecular weight is 430 g/mol. The number of hydrogen-bond acceptors (Lipinski definition) is 4. The molecule has 0 atom stereocenters. The van der Waals surface area contributed by atoms with Crippen molar-refractivity contribution in [2.75, 3.05) is 13.1 Å². The summed E-state index contributed by atoms with van der Waals surface area (Å²) >= 11 is 0. The lowest BCUT2D eigenvalue weighted by atomic mass is 10.0. The number of amides is 1. The van der Waals surface area contributed by atoms with E-state index in [1.165, 1.54) is 11.5 Å². The van der Waals surface area contributed by atoms with E-state index in [4.69, 9.17) is 4.74 Å². The third-order valence-corrected chi connectivity index (χ3v) is 5.83. The van der Waals surface area contributed by atoms with E-state index >= 15 is 0 Å². The Balaban J connectivity index is 1.21. The third kappa shape index (κ3) is 4.19. The first-order chi connectivity index (χ1) is 15.7. The Morgan fingerprint density at radius 3 is 2.59 bits per heavy atom. The van der Waals surface area contributed by atoms with E-state index in [2.05, 4.69) is 34.6 Å². The number of carbonyl (C=O) groups is 1. The van der Waals surface area contributed by atoms with Gasteiger partial charge in [-0.1, -0.05) is 59.8 Å². The number of rotatable bonds is 5. The molecule has 1 fully saturated rings. The lowest BCUT2D eigenvalue weighted by molar-refractivity contribution is 0.0583. The average Bonchev–Trinajstić information content (AvgIpc) is 3.29. The Bertz CT molecular complexity index is 1240. The van der Waals surface area contributed by atoms with Crippen molar-refractivity contribution in [2.24, 2.45) is 0 Å². The zero-order chi connectivity index (χ0) is 21.9. The predicted molar refractivity (Wildman–Crippen MR) is 119 cm³/mol. The minimum absolute atomic E-state index is 0.113. The highest BCUT2D eigenvalue weighted by Crippen LogP contribution is 2.23. The van der Waals surface area contributed by atoms with E-state index in [0.717, 1.165) is 10.9 Å². The Morgan fingerprint density at radius 1 is 1.00 bits per heavy atom. The fourth-order valence-electron chi connectivity index (χ4n) is 4.14. The molecule has 0 unspecified atom stereocenters. The molecule has 3 aromatic carbocycles. The quantitative estimate of drug-likeness (QED) is 0.474. The first-order valence-electron chi connectivity index (χ1n) is 10.7. The zero-order valence-electron chi connectivity index (χ0n) is 17.5. The summed E-state index contributed by atoms with van der Waals surface area (Å²) in [5, 5.41) is 10.6. The molecule has 5 rings (SSSR count). The molecule has 0 saturated carbocycles. The second kappa shape index (κ2) is 8.78. The Labute approximate surface area is 185 Å². The number of para-hydroxylation sites is 1. The summed E-state index contributed by atoms with van der Waals surface area (Å²) in [5.41, 5.74) is 1.46. The van der Waals surface area contributed by atoms with E-state index in [0.29, 0.717) is 38.2 Å². The maximum atomic E-state index is 13.8. The molecule has 1 amide bonds. The van der Waals surface area contributed by atoms with Gasteiger partial charge in [-0.3, -0.25) is 4.79 Å². The van der Waals surface area contributed by atoms with Crippen LogP contribution < -0.4 is 4.74 Å². The Morgan fingerprint density at radius 2 is 1.75 bits per heavy atom. The topological polar surface area (TPSA) is 60.2 Å². The highest BCUT2D eigenvalue weighted by molar-refractivity contribution is 5.92. The largest absolute Gasteiger partial charge is 0.487 e. The number of hydrogen-bond donors (Lipinski definition) is 0. The molecule has 0 radical (unpaired) electrons. The molecule has 1 aromatic heterocycles. The van der Waals surface area contributed by atoms with E-state index in [1.54, 1.807) is 34.0 Å². The summed E-state index contributed by atoms with van der Waals surface area (Å²) in [5.74, 6) is -0.249. The van der Waals surface area contributed by atoms with Crippen LogP contribution in [0, 0.1) is 5.82 Å². The number of nitrogens with zero attached hydrogens (tertiary/aromatic N) is 4. The number of fused-ring (bicyclic) bond motifs is 1. The summed E-state index contributed by atoms with van der Waals surface area (Å²) in [7, 11) is 0. The highest BCUT2D eigenvalue weighted by atomic mass is 19.1. The van der Waals surface area contributed by atoms with Crippen molar-refractivity contribution in [2.45, 2.75) is 25.5 Å². The van der Waals surface area contributed by atoms with Crippen LogP contribution in [0.5, 0.6) is 5.75 Å². The molecule has 1 aliphatic rings. The van der Waals surface area contributed by atoms with Crippen LogP contribution in [0.25, 0.3) is 10.8 Å². The number of likely N-dealkylation sites (tertiary alicyclic amines) is 1. The second-order valence-electron chi connectivity index (χ2n) is 7.98. The number of aromatic nitrogens is 3. The van der Waals surface area contributed by atoms with E-state index in [-0.39, 0.29) is 23.6 Å². The molecular formula is C25H23FN4O2. The maximum absolute atomic E-state index is 13.8. The highest BCUT2D eigenvalue weighted by Gasteiger charge is 2.26. The second-order valence-corrected chi connectivity index (χ2v) is 7.98. The van der Waals surface area contributed by atoms with E-state index in [9.17, 15) is 9.18 Å². The minimum Gasteiger partial charge on any atom is -0.487 e. The monoisotopic (exact) mass is 430 g/mol. The standard InChI is InChI=1S/C25H23FN4O2/c26-22-10-3-4-11-24(22)32-20-12-14-29(15-13-20)25(31)23-17-30(28-27-23)16-19-8-5-7-18-6-1-2-9-21(18)19/h1-11,17,20H,12-16H2. The lowest BCUT2D eigenvalue weighted by Crippen LogP contribution is -2.42. The summed E-state index contributed by atoms with van der Waals surface area (Å²) in [6, 6.07) is 20.8. The van der Waals surface area contributed by atoms with Gasteiger partial charge >= 0.3 is 0 Å². The summed E-state index contributed by atoms with van der Waals surface area (Å²) < 4.78 is 21.3. The Kier molecular flexibility index (Phi) is 5.54. The van der Waals surface area contributed by atoms with Gasteiger partial charge in [0.2, 0.25) is 0 Å². The fourth-order valence-corrected chi connectivity index (χ4v) is 4.14. The zero-order valence-corrected chi connectivity index (χ0v) is 17.5. The van der Waals surface area contributed by atoms with Gasteiger partial charge < -0.3 is 9.64 Å². The fraction of sp³-hybridized carbons (Fsp3) is 0.240. The van der Waals surface area contributed by atoms with Crippen LogP contribution >= 0.6 is 0 Å². The van der Waals surface area contributed by atoms with Gasteiger partial charge in [0.1, 0.15) is 6.10 Å². The van der Waals surface area contributed by atoms with Gasteiger partial charge in [0.15, 0.2) is 17.3 Å². The van der Waals surface area contributed by atoms with Gasteiger partial charge in [0.25, 0.3) is 5.91 Å². The van der Waals surface area contributed by atoms with Crippen LogP contribution in [-0.2, 0) is 6.54 Å². The lowest BCUT2D eigenvalue weighted by Gasteiger charge is -2.31. The SMILES string of the molecule is O=C(c1cn(Cc2cccc3ccccc23)nn1)N1CCC(Oc2ccccc2F)CC1. The molecule has 4 aromatic rings. The molecule has 0 aliphatic carbocycles. The van der Waals surface area contributed by atoms with Crippen LogP contribution in [0.4, 0.5) is 4.39 Å². The molecule has 0 spiro atoms. The summed E-state index contributed by atoms with van der Waals surface area (Å²) in [6.45, 7) is 1.61. The van der Waals surface area contributed by atoms with Crippen molar-refractivity contribution in [1.82, 2.24) is 19.9 Å². The maximum Gasteiger partial charge on any atom is 0.276 e. The number of ether oxygens (including phenoxy) is 1. The predicted octanol–water partition coefficient (Wildman–Crippen LogP) is 4.30. The summed E-state index contributed by atoms with van der Waals surface area (Å²) in [6.07, 6.45) is 2.87. The first kappa shape index (κ1) is 20.2. The van der Waals surface area contributed by atoms with Crippen molar-refractivity contribution in [3.8, 4) is 5.75 Å². The van der Waals surface area contributed by atoms with Crippen LogP contribution in [0.2, 0.25) is 0 Å². The molecule has 6 nitrogen and oxygen atoms in total. The van der Waals surface area contributed by atoms with E-state index < -0.39 is 0 Å². The molecule has 7 heteroatoms. The molecule has 1 aliphatic heterocycles. The van der Waals surface area contributed by atoms with E-state index in [1.807, 2.05) is 18.2 Å². The van der Waals surface area contributed by atoms with Gasteiger partial charge in [-0.2, -0.15) is 0 Å². The van der Waals surface area contributed by atoms with Crippen LogP contribution in [0.3, 0.4) is 0 Å². The first-order valence-corrected chi connectivity index (χ1v) is 10.7. The van der Waals surface area contributed by atoms with Gasteiger partial charge in [0.05, 0.1) is 12.7 Å². The minimum atomic E-state index is -0.367. The number of halogens is 1. The van der Waals surface area contributed by atoms with Gasteiger partial charge in [-0.15, -0.1) is 5.10 Å². The molecule has 162 valence electrons. The molecule has 1 saturated heterocycles. The number of piperidine rings is 1. The molecule has 0 N–H and O–H groups in total. The molecule has 0 bridgehead atoms. The van der Waals surface area contributed by atoms with Crippen molar-refractivity contribution >= 4 is 16.7 Å². The molecule has 2 heterocycles. The van der Waals surface area contributed by atoms with Gasteiger partial charge in [-0.05, 0) is 28.5 Å². The van der Waals surface area contributed by atoms with Crippen molar-refractivity contribution < 1.29 is 13.9 Å². The van der Waals surface area contributed by atoms with Crippen LogP contribution in [0.1, 0.15) is 28.9 Å². The van der Waals surface area contributed by atoms with Crippen molar-refractivity contribution in [3.63, 3.8) is 0 Å². The summed E-state index contributed by atoms with van der Waals surface area (Å²) in [4.78, 5) is 14.7. The number of carbonyl (C=O) groups excluding carboxylic acids is 1. The molecular weight excluding hydrogens is 407 g/mol.